The average Bonchev–Trinajstić information content (AvgIpc) is 2.89. The van der Waals surface area contributed by atoms with Crippen LogP contribution in [0.25, 0.3) is 0 Å². The summed E-state index contributed by atoms with van der Waals surface area (Å²) in [5.41, 5.74) is 1.15. The monoisotopic (exact) mass is 471 g/mol. The van der Waals surface area contributed by atoms with Crippen molar-refractivity contribution in [1.82, 2.24) is 24.8 Å². The zero-order valence-electron chi connectivity index (χ0n) is 18.8. The predicted octanol–water partition coefficient (Wildman–Crippen LogP) is 5.01. The highest BCUT2D eigenvalue weighted by molar-refractivity contribution is 5.94. The lowest BCUT2D eigenvalue weighted by molar-refractivity contribution is 0.0704. The van der Waals surface area contributed by atoms with Crippen molar-refractivity contribution >= 4 is 5.91 Å². The summed E-state index contributed by atoms with van der Waals surface area (Å²) >= 11 is 0. The third-order valence-electron chi connectivity index (χ3n) is 5.63. The van der Waals surface area contributed by atoms with Crippen molar-refractivity contribution in [3.05, 3.63) is 96.5 Å². The summed E-state index contributed by atoms with van der Waals surface area (Å²) in [5, 5.41) is 0. The van der Waals surface area contributed by atoms with Crippen LogP contribution in [0.15, 0.2) is 79.4 Å². The van der Waals surface area contributed by atoms with Gasteiger partial charge in [0.1, 0.15) is 23.0 Å². The second kappa shape index (κ2) is 10.3. The van der Waals surface area contributed by atoms with Crippen molar-refractivity contribution in [2.45, 2.75) is 18.8 Å². The minimum Gasteiger partial charge on any atom is -0.437 e. The van der Waals surface area contributed by atoms with Gasteiger partial charge in [0.25, 0.3) is 5.91 Å². The molecule has 0 bridgehead atoms. The third kappa shape index (κ3) is 5.40. The van der Waals surface area contributed by atoms with Gasteiger partial charge in [-0.15, -0.1) is 0 Å². The first-order valence-corrected chi connectivity index (χ1v) is 11.2. The standard InChI is InChI=1S/C26H22FN5O3/c27-20-7-2-9-22(16-20)34-24-23(28-12-13-29-24)19-6-3-14-32(17-19)25(33)18-5-1-8-21(15-18)35-26-30-10-4-11-31-26/h1-2,4-5,7-13,15-16,19H,3,6,14,17H2/t19-/m1/s1. The second-order valence-corrected chi connectivity index (χ2v) is 8.06. The molecule has 1 saturated heterocycles. The number of halogens is 1. The van der Waals surface area contributed by atoms with E-state index in [-0.39, 0.29) is 17.8 Å². The number of benzene rings is 2. The molecule has 1 aliphatic rings. The molecule has 1 fully saturated rings. The minimum atomic E-state index is -0.396. The molecule has 1 amide bonds. The lowest BCUT2D eigenvalue weighted by Crippen LogP contribution is -2.39. The normalized spacial score (nSPS) is 15.5. The third-order valence-corrected chi connectivity index (χ3v) is 5.63. The Balaban J connectivity index is 1.32. The summed E-state index contributed by atoms with van der Waals surface area (Å²) in [7, 11) is 0. The number of likely N-dealkylation sites (tertiary alicyclic amines) is 1. The zero-order valence-corrected chi connectivity index (χ0v) is 18.8. The Bertz CT molecular complexity index is 1320. The summed E-state index contributed by atoms with van der Waals surface area (Å²) in [6.45, 7) is 1.09. The predicted molar refractivity (Wildman–Crippen MR) is 125 cm³/mol. The highest BCUT2D eigenvalue weighted by Gasteiger charge is 2.29. The molecule has 2 aromatic carbocycles. The molecule has 0 saturated carbocycles. The molecule has 0 radical (unpaired) electrons. The van der Waals surface area contributed by atoms with E-state index in [0.29, 0.717) is 41.7 Å². The van der Waals surface area contributed by atoms with Gasteiger partial charge in [0.2, 0.25) is 5.88 Å². The van der Waals surface area contributed by atoms with E-state index < -0.39 is 5.82 Å². The van der Waals surface area contributed by atoms with E-state index in [4.69, 9.17) is 9.47 Å². The van der Waals surface area contributed by atoms with Crippen LogP contribution >= 0.6 is 0 Å². The number of ether oxygens (including phenoxy) is 2. The van der Waals surface area contributed by atoms with Crippen molar-refractivity contribution in [1.29, 1.82) is 0 Å². The van der Waals surface area contributed by atoms with E-state index >= 15 is 0 Å². The van der Waals surface area contributed by atoms with E-state index in [2.05, 4.69) is 19.9 Å². The Morgan fingerprint density at radius 3 is 2.49 bits per heavy atom. The van der Waals surface area contributed by atoms with Crippen LogP contribution in [0.4, 0.5) is 4.39 Å². The van der Waals surface area contributed by atoms with Gasteiger partial charge in [-0.25, -0.2) is 19.3 Å². The molecule has 8 nitrogen and oxygen atoms in total. The summed E-state index contributed by atoms with van der Waals surface area (Å²) in [6.07, 6.45) is 7.94. The van der Waals surface area contributed by atoms with Crippen molar-refractivity contribution in [3.8, 4) is 23.4 Å². The fraction of sp³-hybridized carbons (Fsp3) is 0.192. The molecule has 0 N–H and O–H groups in total. The van der Waals surface area contributed by atoms with E-state index in [0.717, 1.165) is 12.8 Å². The number of carbonyl (C=O) groups is 1. The van der Waals surface area contributed by atoms with Crippen LogP contribution in [-0.2, 0) is 0 Å². The highest BCUT2D eigenvalue weighted by atomic mass is 19.1. The van der Waals surface area contributed by atoms with E-state index in [1.165, 1.54) is 18.3 Å². The molecule has 0 spiro atoms. The SMILES string of the molecule is O=C(c1cccc(Oc2ncccn2)c1)N1CCC[C@@H](c2nccnc2Oc2cccc(F)c2)C1. The smallest absolute Gasteiger partial charge is 0.321 e. The van der Waals surface area contributed by atoms with Crippen LogP contribution in [0.3, 0.4) is 0 Å². The lowest BCUT2D eigenvalue weighted by Gasteiger charge is -2.33. The number of hydrogen-bond acceptors (Lipinski definition) is 7. The minimum absolute atomic E-state index is 0.0675. The summed E-state index contributed by atoms with van der Waals surface area (Å²) in [6, 6.07) is 14.7. The number of rotatable bonds is 6. The van der Waals surface area contributed by atoms with E-state index in [1.54, 1.807) is 66.0 Å². The molecule has 1 atom stereocenters. The molecular weight excluding hydrogens is 449 g/mol. The number of hydrogen-bond donors (Lipinski definition) is 0. The molecule has 4 aromatic rings. The van der Waals surface area contributed by atoms with Gasteiger partial charge >= 0.3 is 6.01 Å². The molecule has 2 aromatic heterocycles. The van der Waals surface area contributed by atoms with Gasteiger partial charge in [-0.05, 0) is 49.2 Å². The molecule has 3 heterocycles. The van der Waals surface area contributed by atoms with Crippen LogP contribution < -0.4 is 9.47 Å². The molecule has 176 valence electrons. The number of carbonyl (C=O) groups excluding carboxylic acids is 1. The molecule has 0 unspecified atom stereocenters. The maximum atomic E-state index is 13.6. The first kappa shape index (κ1) is 22.4. The average molecular weight is 471 g/mol. The zero-order chi connectivity index (χ0) is 24.0. The van der Waals surface area contributed by atoms with Gasteiger partial charge in [-0.1, -0.05) is 12.1 Å². The van der Waals surface area contributed by atoms with Gasteiger partial charge in [-0.2, -0.15) is 0 Å². The molecule has 35 heavy (non-hydrogen) atoms. The second-order valence-electron chi connectivity index (χ2n) is 8.06. The van der Waals surface area contributed by atoms with Crippen LogP contribution in [-0.4, -0.2) is 43.8 Å². The van der Waals surface area contributed by atoms with Gasteiger partial charge in [0.05, 0.1) is 0 Å². The maximum absolute atomic E-state index is 13.6. The van der Waals surface area contributed by atoms with Crippen LogP contribution in [0.2, 0.25) is 0 Å². The number of aromatic nitrogens is 4. The lowest BCUT2D eigenvalue weighted by atomic mass is 9.94. The Morgan fingerprint density at radius 1 is 0.886 bits per heavy atom. The van der Waals surface area contributed by atoms with Crippen LogP contribution in [0, 0.1) is 5.82 Å². The topological polar surface area (TPSA) is 90.3 Å². The van der Waals surface area contributed by atoms with Crippen LogP contribution in [0.5, 0.6) is 23.4 Å². The Kier molecular flexibility index (Phi) is 6.56. The summed E-state index contributed by atoms with van der Waals surface area (Å²) < 4.78 is 25.1. The summed E-state index contributed by atoms with van der Waals surface area (Å²) in [4.78, 5) is 32.0. The number of piperidine rings is 1. The maximum Gasteiger partial charge on any atom is 0.321 e. The molecule has 0 aliphatic carbocycles. The Morgan fingerprint density at radius 2 is 1.66 bits per heavy atom. The molecule has 9 heteroatoms. The molecule has 5 rings (SSSR count). The molecule has 1 aliphatic heterocycles. The fourth-order valence-corrected chi connectivity index (χ4v) is 4.04. The van der Waals surface area contributed by atoms with E-state index in [9.17, 15) is 9.18 Å². The van der Waals surface area contributed by atoms with E-state index in [1.807, 2.05) is 0 Å². The van der Waals surface area contributed by atoms with Crippen molar-refractivity contribution in [2.24, 2.45) is 0 Å². The number of amides is 1. The fourth-order valence-electron chi connectivity index (χ4n) is 4.04. The van der Waals surface area contributed by atoms with Gasteiger partial charge in [0, 0.05) is 55.4 Å². The van der Waals surface area contributed by atoms with Gasteiger partial charge < -0.3 is 14.4 Å². The Hall–Kier alpha value is -4.40. The highest BCUT2D eigenvalue weighted by Crippen LogP contribution is 2.33. The van der Waals surface area contributed by atoms with Crippen LogP contribution in [0.1, 0.15) is 34.8 Å². The van der Waals surface area contributed by atoms with Crippen molar-refractivity contribution in [3.63, 3.8) is 0 Å². The largest absolute Gasteiger partial charge is 0.437 e. The Labute approximate surface area is 201 Å². The van der Waals surface area contributed by atoms with Gasteiger partial charge in [-0.3, -0.25) is 9.78 Å². The first-order valence-electron chi connectivity index (χ1n) is 11.2. The van der Waals surface area contributed by atoms with Crippen molar-refractivity contribution in [2.75, 3.05) is 13.1 Å². The summed E-state index contributed by atoms with van der Waals surface area (Å²) in [5.74, 6) is 0.570. The van der Waals surface area contributed by atoms with Crippen molar-refractivity contribution < 1.29 is 18.7 Å². The quantitative estimate of drug-likeness (QED) is 0.390. The number of nitrogens with zero attached hydrogens (tertiary/aromatic N) is 5. The van der Waals surface area contributed by atoms with Gasteiger partial charge in [0.15, 0.2) is 0 Å². The first-order chi connectivity index (χ1) is 17.2. The molecular formula is C26H22FN5O3.